The number of hydrogen-bond acceptors (Lipinski definition) is 9. The van der Waals surface area contributed by atoms with Crippen molar-refractivity contribution in [3.63, 3.8) is 0 Å². The van der Waals surface area contributed by atoms with Crippen molar-refractivity contribution in [2.45, 2.75) is 65.0 Å². The van der Waals surface area contributed by atoms with Crippen molar-refractivity contribution < 1.29 is 33.3 Å². The van der Waals surface area contributed by atoms with Crippen molar-refractivity contribution in [1.82, 2.24) is 4.98 Å². The number of carbonyl (C=O) groups excluding carboxylic acids is 2. The van der Waals surface area contributed by atoms with E-state index in [-0.39, 0.29) is 18.0 Å². The van der Waals surface area contributed by atoms with Gasteiger partial charge in [0.05, 0.1) is 22.4 Å². The maximum absolute atomic E-state index is 13.9. The minimum absolute atomic E-state index is 0.0628. The molecule has 4 rings (SSSR count). The maximum atomic E-state index is 13.9. The number of halogens is 1. The van der Waals surface area contributed by atoms with E-state index < -0.39 is 47.8 Å². The normalized spacial score (nSPS) is 25.2. The van der Waals surface area contributed by atoms with E-state index in [0.717, 1.165) is 0 Å². The van der Waals surface area contributed by atoms with E-state index in [2.05, 4.69) is 21.2 Å². The Morgan fingerprint density at radius 3 is 2.59 bits per heavy atom. The zero-order valence-corrected chi connectivity index (χ0v) is 28.3. The fraction of sp³-hybridized carbons (Fsp3) is 0.412. The summed E-state index contributed by atoms with van der Waals surface area (Å²) in [6.07, 6.45) is 3.02. The Morgan fingerprint density at radius 2 is 1.91 bits per heavy atom. The van der Waals surface area contributed by atoms with Gasteiger partial charge in [0.1, 0.15) is 17.3 Å². The molecule has 6 unspecified atom stereocenters. The molecule has 2 bridgehead atoms. The molecule has 6 atom stereocenters. The number of carbonyl (C=O) groups is 2. The summed E-state index contributed by atoms with van der Waals surface area (Å²) in [4.78, 5) is 43.8. The van der Waals surface area contributed by atoms with Gasteiger partial charge in [0, 0.05) is 31.3 Å². The van der Waals surface area contributed by atoms with Crippen molar-refractivity contribution in [2.24, 2.45) is 17.6 Å². The van der Waals surface area contributed by atoms with Crippen LogP contribution in [0.3, 0.4) is 0 Å². The molecule has 0 aromatic heterocycles. The molecule has 2 amide bonds. The van der Waals surface area contributed by atoms with Gasteiger partial charge in [0.15, 0.2) is 17.4 Å². The number of amides is 2. The largest absolute Gasteiger partial charge is 0.451 e. The topological polar surface area (TPSA) is 163 Å². The van der Waals surface area contributed by atoms with Crippen molar-refractivity contribution >= 4 is 44.7 Å². The third kappa shape index (κ3) is 7.92. The molecule has 0 radical (unpaired) electrons. The smallest absolute Gasteiger partial charge is 0.405 e. The number of para-hydroxylation sites is 1. The molecule has 1 aromatic carbocycles. The van der Waals surface area contributed by atoms with E-state index in [1.165, 1.54) is 20.3 Å². The van der Waals surface area contributed by atoms with Gasteiger partial charge in [-0.3, -0.25) is 9.59 Å². The van der Waals surface area contributed by atoms with Crippen LogP contribution in [0, 0.1) is 11.8 Å². The third-order valence-electron chi connectivity index (χ3n) is 8.15. The number of aliphatic hydroxyl groups excluding tert-OH is 1. The molecule has 1 aromatic rings. The van der Waals surface area contributed by atoms with Gasteiger partial charge < -0.3 is 34.8 Å². The lowest BCUT2D eigenvalue weighted by Crippen LogP contribution is -2.37. The molecule has 3 aliphatic rings. The second-order valence-electron chi connectivity index (χ2n) is 11.7. The maximum Gasteiger partial charge on any atom is 0.405 e. The molecule has 246 valence electrons. The summed E-state index contributed by atoms with van der Waals surface area (Å²) in [6, 6.07) is 6.98. The van der Waals surface area contributed by atoms with E-state index in [1.807, 2.05) is 26.0 Å². The Bertz CT molecular complexity index is 1710. The summed E-state index contributed by atoms with van der Waals surface area (Å²) in [5.41, 5.74) is 7.80. The van der Waals surface area contributed by atoms with Crippen LogP contribution < -0.4 is 16.5 Å². The Hall–Kier alpha value is -3.84. The molecule has 0 spiro atoms. The molecule has 2 aliphatic heterocycles. The van der Waals surface area contributed by atoms with Gasteiger partial charge in [-0.05, 0) is 72.3 Å². The van der Waals surface area contributed by atoms with E-state index in [0.29, 0.717) is 50.2 Å². The van der Waals surface area contributed by atoms with Gasteiger partial charge in [0.25, 0.3) is 5.91 Å². The highest BCUT2D eigenvalue weighted by atomic mass is 79.9. The molecular weight excluding hydrogens is 658 g/mol. The van der Waals surface area contributed by atoms with Crippen molar-refractivity contribution in [3.05, 3.63) is 80.0 Å². The number of ether oxygens (including phenoxy) is 3. The minimum atomic E-state index is -0.987. The quantitative estimate of drug-likeness (QED) is 0.236. The highest BCUT2D eigenvalue weighted by Crippen LogP contribution is 2.34. The number of benzene rings is 2. The SMILES string of the molecule is COC1C=CC=C(C)C(=O)Nc2cc3nc4cccc(Br)c4oc-3c(c2=O)CC(C)CC(OC)C(O)C(C)C=C(C)C1OC(N)=O. The molecule has 2 heterocycles. The third-order valence-corrected chi connectivity index (χ3v) is 8.77. The summed E-state index contributed by atoms with van der Waals surface area (Å²) in [7, 11) is 2.97. The van der Waals surface area contributed by atoms with Crippen molar-refractivity contribution in [1.29, 1.82) is 0 Å². The first-order valence-corrected chi connectivity index (χ1v) is 15.7. The number of primary amides is 1. The van der Waals surface area contributed by atoms with Crippen LogP contribution in [-0.2, 0) is 25.4 Å². The number of anilines is 1. The predicted molar refractivity (Wildman–Crippen MR) is 179 cm³/mol. The van der Waals surface area contributed by atoms with Gasteiger partial charge in [-0.15, -0.1) is 0 Å². The number of aliphatic hydroxyl groups is 1. The zero-order valence-electron chi connectivity index (χ0n) is 26.7. The number of aromatic nitrogens is 1. The first kappa shape index (κ1) is 35.0. The first-order valence-electron chi connectivity index (χ1n) is 14.9. The summed E-state index contributed by atoms with van der Waals surface area (Å²) >= 11 is 3.51. The molecule has 4 N–H and O–H groups in total. The van der Waals surface area contributed by atoms with Crippen LogP contribution in [0.15, 0.2) is 73.4 Å². The molecule has 1 aliphatic carbocycles. The van der Waals surface area contributed by atoms with Crippen LogP contribution >= 0.6 is 15.9 Å². The number of allylic oxidation sites excluding steroid dienone is 2. The molecule has 11 nitrogen and oxygen atoms in total. The average Bonchev–Trinajstić information content (AvgIpc) is 3.01. The fourth-order valence-electron chi connectivity index (χ4n) is 5.69. The highest BCUT2D eigenvalue weighted by Gasteiger charge is 2.30. The standard InChI is InChI=1S/C34H40BrN3O8/c1-17-13-21-29(40)24(16-25-31(21)45-32-22(35)10-8-11-23(32)37-25)38-33(41)18(2)9-7-12-26(43-5)30(46-34(36)42)20(4)15-19(3)28(39)27(14-17)44-6/h7-12,15-17,19,26-28,30,39H,13-14H2,1-6H3,(H2,36,42)(H,38,41). The van der Waals surface area contributed by atoms with Crippen LogP contribution in [0.2, 0.25) is 0 Å². The number of nitrogens with zero attached hydrogens (tertiary/aromatic N) is 1. The van der Waals surface area contributed by atoms with Crippen LogP contribution in [0.4, 0.5) is 10.5 Å². The van der Waals surface area contributed by atoms with Crippen molar-refractivity contribution in [2.75, 3.05) is 19.5 Å². The highest BCUT2D eigenvalue weighted by molar-refractivity contribution is 9.10. The Kier molecular flexibility index (Phi) is 11.5. The summed E-state index contributed by atoms with van der Waals surface area (Å²) in [5, 5.41) is 14.1. The summed E-state index contributed by atoms with van der Waals surface area (Å²) in [6.45, 7) is 7.14. The predicted octanol–water partition coefficient (Wildman–Crippen LogP) is 5.52. The summed E-state index contributed by atoms with van der Waals surface area (Å²) < 4.78 is 23.7. The molecule has 0 saturated heterocycles. The van der Waals surface area contributed by atoms with Gasteiger partial charge >= 0.3 is 6.09 Å². The Morgan fingerprint density at radius 1 is 1.17 bits per heavy atom. The van der Waals surface area contributed by atoms with Gasteiger partial charge in [0.2, 0.25) is 5.43 Å². The number of methoxy groups -OCH3 is 2. The van der Waals surface area contributed by atoms with Crippen LogP contribution in [0.1, 0.15) is 39.7 Å². The van der Waals surface area contributed by atoms with Crippen LogP contribution in [-0.4, -0.2) is 60.7 Å². The van der Waals surface area contributed by atoms with E-state index in [4.69, 9.17) is 29.3 Å². The lowest BCUT2D eigenvalue weighted by Gasteiger charge is -2.29. The fourth-order valence-corrected chi connectivity index (χ4v) is 6.12. The van der Waals surface area contributed by atoms with E-state index in [1.54, 1.807) is 44.2 Å². The minimum Gasteiger partial charge on any atom is -0.451 e. The van der Waals surface area contributed by atoms with Gasteiger partial charge in [-0.2, -0.15) is 0 Å². The molecule has 0 fully saturated rings. The Labute approximate surface area is 276 Å². The first-order chi connectivity index (χ1) is 21.8. The second-order valence-corrected chi connectivity index (χ2v) is 12.6. The van der Waals surface area contributed by atoms with E-state index >= 15 is 0 Å². The lowest BCUT2D eigenvalue weighted by atomic mass is 9.87. The molecule has 12 heteroatoms. The lowest BCUT2D eigenvalue weighted by molar-refractivity contribution is -0.112. The number of fused-ring (bicyclic) bond motifs is 5. The molecule has 46 heavy (non-hydrogen) atoms. The monoisotopic (exact) mass is 697 g/mol. The van der Waals surface area contributed by atoms with Gasteiger partial charge in [-0.25, -0.2) is 9.78 Å². The van der Waals surface area contributed by atoms with Crippen LogP contribution in [0.5, 0.6) is 0 Å². The number of hydrogen-bond donors (Lipinski definition) is 3. The second kappa shape index (κ2) is 15.2. The van der Waals surface area contributed by atoms with Crippen LogP contribution in [0.25, 0.3) is 22.6 Å². The molecular formula is C34H40BrN3O8. The van der Waals surface area contributed by atoms with Gasteiger partial charge in [-0.1, -0.05) is 44.2 Å². The van der Waals surface area contributed by atoms with E-state index in [9.17, 15) is 19.5 Å². The Balaban J connectivity index is 1.87. The number of nitrogens with two attached hydrogens (primary N) is 1. The average molecular weight is 699 g/mol. The molecule has 0 saturated carbocycles. The zero-order chi connectivity index (χ0) is 33.7. The number of rotatable bonds is 3. The summed E-state index contributed by atoms with van der Waals surface area (Å²) in [5.74, 6) is -0.765. The van der Waals surface area contributed by atoms with Crippen molar-refractivity contribution in [3.8, 4) is 11.5 Å². The number of nitrogens with one attached hydrogen (secondary N) is 1.